The van der Waals surface area contributed by atoms with Gasteiger partial charge in [-0.05, 0) is 30.7 Å². The molecule has 8 heteroatoms. The molecule has 1 heterocycles. The maximum Gasteiger partial charge on any atom is 0.338 e. The predicted octanol–water partition coefficient (Wildman–Crippen LogP) is 2.74. The van der Waals surface area contributed by atoms with Crippen LogP contribution >= 0.6 is 0 Å². The third-order valence-corrected chi connectivity index (χ3v) is 3.32. The van der Waals surface area contributed by atoms with E-state index in [0.717, 1.165) is 18.5 Å². The first kappa shape index (κ1) is 18.2. The molecule has 0 amide bonds. The molecule has 0 atom stereocenters. The third kappa shape index (κ3) is 5.17. The van der Waals surface area contributed by atoms with Gasteiger partial charge in [0.1, 0.15) is 25.1 Å². The Balaban J connectivity index is 2.10. The molecule has 0 aliphatic carbocycles. The highest BCUT2D eigenvalue weighted by Crippen LogP contribution is 2.21. The molecule has 25 heavy (non-hydrogen) atoms. The fraction of sp³-hybridized carbons (Fsp3) is 0.294. The second-order valence-electron chi connectivity index (χ2n) is 5.13. The fourth-order valence-electron chi connectivity index (χ4n) is 1.96. The monoisotopic (exact) mass is 343 g/mol. The minimum Gasteiger partial charge on any atom is -0.462 e. The van der Waals surface area contributed by atoms with Crippen molar-refractivity contribution < 1.29 is 14.4 Å². The summed E-state index contributed by atoms with van der Waals surface area (Å²) >= 11 is 0. The molecular formula is C17H21N5O3. The van der Waals surface area contributed by atoms with Crippen LogP contribution in [-0.4, -0.2) is 35.9 Å². The van der Waals surface area contributed by atoms with Crippen molar-refractivity contribution in [3.63, 3.8) is 0 Å². The van der Waals surface area contributed by atoms with Crippen LogP contribution in [0.5, 0.6) is 0 Å². The SMILES string of the molecule is CCCCOC(=O)c1ccc(Nc2ncnc(N)c2C=NOC)cc1. The molecule has 0 bridgehead atoms. The molecule has 132 valence electrons. The van der Waals surface area contributed by atoms with E-state index in [1.54, 1.807) is 24.3 Å². The number of hydrogen-bond acceptors (Lipinski definition) is 8. The van der Waals surface area contributed by atoms with Gasteiger partial charge < -0.3 is 20.6 Å². The van der Waals surface area contributed by atoms with Crippen molar-refractivity contribution in [3.05, 3.63) is 41.7 Å². The highest BCUT2D eigenvalue weighted by atomic mass is 16.6. The molecule has 0 fully saturated rings. The molecule has 2 rings (SSSR count). The number of nitrogens with one attached hydrogen (secondary N) is 1. The molecule has 1 aromatic carbocycles. The van der Waals surface area contributed by atoms with Crippen LogP contribution in [0.3, 0.4) is 0 Å². The first-order chi connectivity index (χ1) is 12.2. The Hall–Kier alpha value is -3.16. The van der Waals surface area contributed by atoms with E-state index in [4.69, 9.17) is 10.5 Å². The average molecular weight is 343 g/mol. The van der Waals surface area contributed by atoms with Crippen molar-refractivity contribution in [2.24, 2.45) is 5.16 Å². The van der Waals surface area contributed by atoms with E-state index >= 15 is 0 Å². The Morgan fingerprint density at radius 3 is 2.76 bits per heavy atom. The second kappa shape index (κ2) is 9.21. The van der Waals surface area contributed by atoms with Crippen LogP contribution in [0.1, 0.15) is 35.7 Å². The number of nitrogen functional groups attached to an aromatic ring is 1. The predicted molar refractivity (Wildman–Crippen MR) is 96.0 cm³/mol. The molecule has 0 unspecified atom stereocenters. The minimum absolute atomic E-state index is 0.273. The third-order valence-electron chi connectivity index (χ3n) is 3.32. The number of hydrogen-bond donors (Lipinski definition) is 2. The molecule has 0 saturated carbocycles. The number of nitrogens with two attached hydrogens (primary N) is 1. The first-order valence-corrected chi connectivity index (χ1v) is 7.87. The molecular weight excluding hydrogens is 322 g/mol. The maximum atomic E-state index is 11.9. The van der Waals surface area contributed by atoms with E-state index in [1.165, 1.54) is 19.7 Å². The van der Waals surface area contributed by atoms with Gasteiger partial charge in [-0.2, -0.15) is 0 Å². The zero-order valence-corrected chi connectivity index (χ0v) is 14.2. The molecule has 1 aromatic heterocycles. The van der Waals surface area contributed by atoms with Gasteiger partial charge in [-0.3, -0.25) is 0 Å². The lowest BCUT2D eigenvalue weighted by Crippen LogP contribution is -2.07. The van der Waals surface area contributed by atoms with Gasteiger partial charge in [-0.1, -0.05) is 18.5 Å². The minimum atomic E-state index is -0.334. The number of esters is 1. The quantitative estimate of drug-likeness (QED) is 0.328. The van der Waals surface area contributed by atoms with Crippen LogP contribution in [0, 0.1) is 0 Å². The van der Waals surface area contributed by atoms with Crippen LogP contribution in [0.25, 0.3) is 0 Å². The molecule has 0 radical (unpaired) electrons. The van der Waals surface area contributed by atoms with Gasteiger partial charge >= 0.3 is 5.97 Å². The number of benzene rings is 1. The number of unbranched alkanes of at least 4 members (excludes halogenated alkanes) is 1. The zero-order chi connectivity index (χ0) is 18.1. The number of oxime groups is 1. The van der Waals surface area contributed by atoms with E-state index in [-0.39, 0.29) is 11.8 Å². The Kier molecular flexibility index (Phi) is 6.70. The Morgan fingerprint density at radius 2 is 2.08 bits per heavy atom. The van der Waals surface area contributed by atoms with Crippen molar-refractivity contribution in [2.45, 2.75) is 19.8 Å². The number of anilines is 3. The summed E-state index contributed by atoms with van der Waals surface area (Å²) in [5.74, 6) is 0.417. The molecule has 0 saturated heterocycles. The smallest absolute Gasteiger partial charge is 0.338 e. The van der Waals surface area contributed by atoms with Gasteiger partial charge in [0.2, 0.25) is 0 Å². The van der Waals surface area contributed by atoms with Crippen molar-refractivity contribution in [3.8, 4) is 0 Å². The lowest BCUT2D eigenvalue weighted by Gasteiger charge is -2.10. The lowest BCUT2D eigenvalue weighted by atomic mass is 10.2. The zero-order valence-electron chi connectivity index (χ0n) is 14.2. The summed E-state index contributed by atoms with van der Waals surface area (Å²) in [6, 6.07) is 6.88. The van der Waals surface area contributed by atoms with Crippen molar-refractivity contribution in [2.75, 3.05) is 24.8 Å². The van der Waals surface area contributed by atoms with Crippen LogP contribution in [0.2, 0.25) is 0 Å². The largest absolute Gasteiger partial charge is 0.462 e. The van der Waals surface area contributed by atoms with Gasteiger partial charge in [0, 0.05) is 5.69 Å². The van der Waals surface area contributed by atoms with Crippen LogP contribution in [-0.2, 0) is 9.57 Å². The summed E-state index contributed by atoms with van der Waals surface area (Å²) in [4.78, 5) is 24.6. The summed E-state index contributed by atoms with van der Waals surface area (Å²) in [6.07, 6.45) is 4.61. The molecule has 3 N–H and O–H groups in total. The Bertz CT molecular complexity index is 732. The number of nitrogens with zero attached hydrogens (tertiary/aromatic N) is 3. The number of carbonyl (C=O) groups is 1. The number of rotatable bonds is 8. The number of aromatic nitrogens is 2. The van der Waals surface area contributed by atoms with Gasteiger partial charge in [0.25, 0.3) is 0 Å². The summed E-state index contributed by atoms with van der Waals surface area (Å²) in [7, 11) is 1.43. The van der Waals surface area contributed by atoms with E-state index in [0.29, 0.717) is 23.6 Å². The van der Waals surface area contributed by atoms with Crippen molar-refractivity contribution >= 4 is 29.5 Å². The lowest BCUT2D eigenvalue weighted by molar-refractivity contribution is 0.0500. The Morgan fingerprint density at radius 1 is 1.32 bits per heavy atom. The molecule has 0 aliphatic heterocycles. The highest BCUT2D eigenvalue weighted by molar-refractivity contribution is 5.93. The number of ether oxygens (including phenoxy) is 1. The maximum absolute atomic E-state index is 11.9. The van der Waals surface area contributed by atoms with Crippen molar-refractivity contribution in [1.29, 1.82) is 0 Å². The molecule has 0 spiro atoms. The van der Waals surface area contributed by atoms with E-state index < -0.39 is 0 Å². The van der Waals surface area contributed by atoms with E-state index in [1.807, 2.05) is 6.92 Å². The van der Waals surface area contributed by atoms with Crippen LogP contribution in [0.15, 0.2) is 35.7 Å². The summed E-state index contributed by atoms with van der Waals surface area (Å²) in [5, 5.41) is 6.80. The number of carbonyl (C=O) groups excluding carboxylic acids is 1. The average Bonchev–Trinajstić information content (AvgIpc) is 2.62. The highest BCUT2D eigenvalue weighted by Gasteiger charge is 2.10. The van der Waals surface area contributed by atoms with Crippen LogP contribution < -0.4 is 11.1 Å². The normalized spacial score (nSPS) is 10.6. The standard InChI is InChI=1S/C17H21N5O3/c1-3-4-9-25-17(23)12-5-7-13(8-6-12)22-16-14(10-21-24-2)15(18)19-11-20-16/h5-8,10-11H,3-4,9H2,1-2H3,(H3,18,19,20,22). The molecule has 2 aromatic rings. The van der Waals surface area contributed by atoms with E-state index in [2.05, 4.69) is 25.3 Å². The van der Waals surface area contributed by atoms with Crippen molar-refractivity contribution in [1.82, 2.24) is 9.97 Å². The Labute approximate surface area is 146 Å². The van der Waals surface area contributed by atoms with Gasteiger partial charge in [-0.15, -0.1) is 0 Å². The topological polar surface area (TPSA) is 112 Å². The fourth-order valence-corrected chi connectivity index (χ4v) is 1.96. The first-order valence-electron chi connectivity index (χ1n) is 7.87. The summed E-state index contributed by atoms with van der Waals surface area (Å²) in [5.41, 5.74) is 7.57. The molecule has 8 nitrogen and oxygen atoms in total. The summed E-state index contributed by atoms with van der Waals surface area (Å²) in [6.45, 7) is 2.47. The summed E-state index contributed by atoms with van der Waals surface area (Å²) < 4.78 is 5.18. The van der Waals surface area contributed by atoms with E-state index in [9.17, 15) is 4.79 Å². The molecule has 0 aliphatic rings. The van der Waals surface area contributed by atoms with Gasteiger partial charge in [-0.25, -0.2) is 14.8 Å². The van der Waals surface area contributed by atoms with Gasteiger partial charge in [0.05, 0.1) is 23.9 Å². The van der Waals surface area contributed by atoms with Gasteiger partial charge in [0.15, 0.2) is 0 Å². The van der Waals surface area contributed by atoms with Crippen LogP contribution in [0.4, 0.5) is 17.3 Å². The second-order valence-corrected chi connectivity index (χ2v) is 5.13.